The highest BCUT2D eigenvalue weighted by Gasteiger charge is 2.24. The van der Waals surface area contributed by atoms with Crippen LogP contribution in [0, 0.1) is 0 Å². The summed E-state index contributed by atoms with van der Waals surface area (Å²) in [6.07, 6.45) is 3.69. The monoisotopic (exact) mass is 410 g/mol. The Balaban J connectivity index is 0.00000156. The van der Waals surface area contributed by atoms with Gasteiger partial charge in [0.25, 0.3) is 0 Å². The van der Waals surface area contributed by atoms with Crippen molar-refractivity contribution in [3.05, 3.63) is 11.1 Å². The van der Waals surface area contributed by atoms with E-state index in [1.54, 1.807) is 0 Å². The molecule has 144 valence electrons. The first-order valence-electron chi connectivity index (χ1n) is 8.46. The quantitative estimate of drug-likeness (QED) is 0.798. The van der Waals surface area contributed by atoms with Gasteiger partial charge in [-0.1, -0.05) is 6.42 Å². The van der Waals surface area contributed by atoms with Crippen molar-refractivity contribution in [1.82, 2.24) is 15.2 Å². The van der Waals surface area contributed by atoms with Gasteiger partial charge in [0.15, 0.2) is 5.13 Å². The average Bonchev–Trinajstić information content (AvgIpc) is 2.94. The third-order valence-electron chi connectivity index (χ3n) is 4.29. The number of piperidine rings is 1. The van der Waals surface area contributed by atoms with Crippen LogP contribution in [0.5, 0.6) is 0 Å². The molecule has 2 aliphatic rings. The molecule has 6 nitrogen and oxygen atoms in total. The molecule has 3 rings (SSSR count). The highest BCUT2D eigenvalue weighted by Crippen LogP contribution is 2.20. The minimum Gasteiger partial charge on any atom is -0.373 e. The minimum absolute atomic E-state index is 0. The molecule has 0 bridgehead atoms. The van der Waals surface area contributed by atoms with Gasteiger partial charge in [0.1, 0.15) is 0 Å². The molecule has 0 radical (unpaired) electrons. The van der Waals surface area contributed by atoms with Crippen molar-refractivity contribution in [3.8, 4) is 0 Å². The molecule has 25 heavy (non-hydrogen) atoms. The summed E-state index contributed by atoms with van der Waals surface area (Å²) < 4.78 is 5.76. The molecule has 0 aromatic carbocycles. The van der Waals surface area contributed by atoms with Crippen LogP contribution in [0.1, 0.15) is 38.8 Å². The van der Waals surface area contributed by atoms with E-state index in [2.05, 4.69) is 34.4 Å². The van der Waals surface area contributed by atoms with E-state index in [4.69, 9.17) is 4.74 Å². The zero-order valence-corrected chi connectivity index (χ0v) is 17.1. The summed E-state index contributed by atoms with van der Waals surface area (Å²) in [4.78, 5) is 19.1. The van der Waals surface area contributed by atoms with Crippen molar-refractivity contribution in [3.63, 3.8) is 0 Å². The molecule has 1 aromatic heterocycles. The number of aromatic nitrogens is 1. The number of hydrogen-bond acceptors (Lipinski definition) is 6. The van der Waals surface area contributed by atoms with Crippen LogP contribution in [0.25, 0.3) is 0 Å². The number of hydrogen-bond donors (Lipinski definition) is 2. The maximum atomic E-state index is 12.2. The van der Waals surface area contributed by atoms with Crippen LogP contribution in [0.3, 0.4) is 0 Å². The maximum Gasteiger partial charge on any atom is 0.243 e. The topological polar surface area (TPSA) is 66.5 Å². The molecule has 3 atom stereocenters. The van der Waals surface area contributed by atoms with Crippen molar-refractivity contribution >= 4 is 47.2 Å². The fourth-order valence-electron chi connectivity index (χ4n) is 3.35. The number of carbonyl (C=O) groups is 1. The number of nitrogens with zero attached hydrogens (tertiary/aromatic N) is 2. The van der Waals surface area contributed by atoms with E-state index in [0.717, 1.165) is 51.1 Å². The summed E-state index contributed by atoms with van der Waals surface area (Å²) in [6, 6.07) is -0.0722. The van der Waals surface area contributed by atoms with E-state index >= 15 is 0 Å². The summed E-state index contributed by atoms with van der Waals surface area (Å²) in [5.74, 6) is 0.0409. The maximum absolute atomic E-state index is 12.2. The molecule has 0 spiro atoms. The summed E-state index contributed by atoms with van der Waals surface area (Å²) in [5, 5.41) is 8.95. The summed E-state index contributed by atoms with van der Waals surface area (Å²) in [5.41, 5.74) is 1.02. The lowest BCUT2D eigenvalue weighted by Gasteiger charge is -2.34. The molecule has 3 unspecified atom stereocenters. The molecule has 0 aliphatic carbocycles. The second-order valence-corrected chi connectivity index (χ2v) is 7.45. The first-order chi connectivity index (χ1) is 11.1. The standard InChI is InChI=1S/C16H26N4O2S.2ClH/c1-11-7-20(8-12(2)22-11)9-13-10-23-16(18-13)19-15(21)14-5-3-4-6-17-14;;/h10-12,14,17H,3-9H2,1-2H3,(H,18,19,21);2*1H. The second-order valence-electron chi connectivity index (χ2n) is 6.59. The number of ether oxygens (including phenoxy) is 1. The van der Waals surface area contributed by atoms with Crippen LogP contribution < -0.4 is 10.6 Å². The number of anilines is 1. The molecule has 1 amide bonds. The predicted octanol–water partition coefficient (Wildman–Crippen LogP) is 2.68. The van der Waals surface area contributed by atoms with E-state index in [1.165, 1.54) is 11.3 Å². The molecule has 2 aliphatic heterocycles. The van der Waals surface area contributed by atoms with Crippen molar-refractivity contribution < 1.29 is 9.53 Å². The van der Waals surface area contributed by atoms with Crippen LogP contribution in [-0.4, -0.2) is 53.7 Å². The molecular formula is C16H28Cl2N4O2S. The largest absolute Gasteiger partial charge is 0.373 e. The smallest absolute Gasteiger partial charge is 0.243 e. The van der Waals surface area contributed by atoms with Crippen LogP contribution in [0.4, 0.5) is 5.13 Å². The summed E-state index contributed by atoms with van der Waals surface area (Å²) in [7, 11) is 0. The Morgan fingerprint density at radius 3 is 2.72 bits per heavy atom. The number of morpholine rings is 1. The average molecular weight is 411 g/mol. The van der Waals surface area contributed by atoms with Crippen LogP contribution >= 0.6 is 36.2 Å². The van der Waals surface area contributed by atoms with Gasteiger partial charge in [0, 0.05) is 25.0 Å². The van der Waals surface area contributed by atoms with Crippen molar-refractivity contribution in [2.75, 3.05) is 25.0 Å². The number of amides is 1. The zero-order chi connectivity index (χ0) is 16.2. The molecule has 9 heteroatoms. The van der Waals surface area contributed by atoms with E-state index in [9.17, 15) is 4.79 Å². The van der Waals surface area contributed by atoms with E-state index in [1.807, 2.05) is 5.38 Å². The van der Waals surface area contributed by atoms with Gasteiger partial charge >= 0.3 is 0 Å². The van der Waals surface area contributed by atoms with E-state index in [0.29, 0.717) is 5.13 Å². The van der Waals surface area contributed by atoms with Crippen LogP contribution in [0.2, 0.25) is 0 Å². The van der Waals surface area contributed by atoms with Crippen molar-refractivity contribution in [2.45, 2.75) is 57.9 Å². The fraction of sp³-hybridized carbons (Fsp3) is 0.750. The van der Waals surface area contributed by atoms with Crippen LogP contribution in [-0.2, 0) is 16.1 Å². The number of carbonyl (C=O) groups excluding carboxylic acids is 1. The minimum atomic E-state index is -0.0722. The highest BCUT2D eigenvalue weighted by molar-refractivity contribution is 7.13. The molecule has 2 saturated heterocycles. The molecule has 3 heterocycles. The van der Waals surface area contributed by atoms with Gasteiger partial charge in [-0.15, -0.1) is 36.2 Å². The molecule has 1 aromatic rings. The summed E-state index contributed by atoms with van der Waals surface area (Å²) >= 11 is 1.50. The lowest BCUT2D eigenvalue weighted by atomic mass is 10.0. The van der Waals surface area contributed by atoms with E-state index in [-0.39, 0.29) is 49.0 Å². The lowest BCUT2D eigenvalue weighted by molar-refractivity contribution is -0.118. The summed E-state index contributed by atoms with van der Waals surface area (Å²) in [6.45, 7) is 7.80. The Bertz CT molecular complexity index is 530. The van der Waals surface area contributed by atoms with Gasteiger partial charge in [0.05, 0.1) is 23.9 Å². The third-order valence-corrected chi connectivity index (χ3v) is 5.10. The first kappa shape index (κ1) is 22.6. The van der Waals surface area contributed by atoms with Gasteiger partial charge in [-0.25, -0.2) is 4.98 Å². The molecule has 0 saturated carbocycles. The predicted molar refractivity (Wildman–Crippen MR) is 106 cm³/mol. The van der Waals surface area contributed by atoms with Gasteiger partial charge in [-0.05, 0) is 33.2 Å². The highest BCUT2D eigenvalue weighted by atomic mass is 35.5. The number of rotatable bonds is 4. The van der Waals surface area contributed by atoms with Gasteiger partial charge in [-0.2, -0.15) is 0 Å². The fourth-order valence-corrected chi connectivity index (χ4v) is 4.05. The SMILES string of the molecule is CC1CN(Cc2csc(NC(=O)C3CCCCN3)n2)CC(C)O1.Cl.Cl. The Hall–Kier alpha value is -0.440. The Labute approximate surface area is 165 Å². The zero-order valence-electron chi connectivity index (χ0n) is 14.7. The van der Waals surface area contributed by atoms with Crippen molar-refractivity contribution in [1.29, 1.82) is 0 Å². The second kappa shape index (κ2) is 10.6. The number of nitrogens with one attached hydrogen (secondary N) is 2. The van der Waals surface area contributed by atoms with Gasteiger partial charge in [0.2, 0.25) is 5.91 Å². The molecule has 2 N–H and O–H groups in total. The normalized spacial score (nSPS) is 27.0. The van der Waals surface area contributed by atoms with Crippen molar-refractivity contribution in [2.24, 2.45) is 0 Å². The van der Waals surface area contributed by atoms with Crippen LogP contribution in [0.15, 0.2) is 5.38 Å². The van der Waals surface area contributed by atoms with Gasteiger partial charge < -0.3 is 15.4 Å². The van der Waals surface area contributed by atoms with E-state index < -0.39 is 0 Å². The lowest BCUT2D eigenvalue weighted by Crippen LogP contribution is -2.44. The third kappa shape index (κ3) is 6.66. The Morgan fingerprint density at radius 2 is 2.08 bits per heavy atom. The molecule has 2 fully saturated rings. The van der Waals surface area contributed by atoms with Gasteiger partial charge in [-0.3, -0.25) is 9.69 Å². The number of halogens is 2. The number of thiazole rings is 1. The Kier molecular flexibility index (Phi) is 9.62. The Morgan fingerprint density at radius 1 is 1.36 bits per heavy atom. The molecular weight excluding hydrogens is 383 g/mol. The first-order valence-corrected chi connectivity index (χ1v) is 9.34.